The number of nitrogen functional groups attached to an aromatic ring is 1. The highest BCUT2D eigenvalue weighted by molar-refractivity contribution is 6.50. The van der Waals surface area contributed by atoms with Crippen molar-refractivity contribution >= 4 is 7.25 Å². The molecule has 0 aromatic carbocycles. The van der Waals surface area contributed by atoms with Crippen molar-refractivity contribution in [1.82, 2.24) is 9.66 Å². The Morgan fingerprint density at radius 3 is 1.82 bits per heavy atom. The molecule has 1 aromatic heterocycles. The molecule has 0 saturated heterocycles. The molecule has 0 saturated carbocycles. The molecule has 2 N–H and O–H groups in total. The van der Waals surface area contributed by atoms with Gasteiger partial charge in [-0.15, -0.1) is 0 Å². The van der Waals surface area contributed by atoms with Crippen LogP contribution >= 0.6 is 0 Å². The first-order chi connectivity index (χ1) is 4.89. The molecule has 11 heavy (non-hydrogen) atoms. The monoisotopic (exact) mass is 170 g/mol. The fourth-order valence-electron chi connectivity index (χ4n) is 0.269. The minimum Gasteiger partial charge on any atom is -0.418 e. The number of nitrogens with two attached hydrogens (primary N) is 1. The Hall–Kier alpha value is -1.21. The molecule has 0 spiro atoms. The second kappa shape index (κ2) is 3.84. The number of nitrogens with zero attached hydrogens (tertiary/aromatic N) is 2. The molecular weight excluding hydrogens is 165 g/mol. The highest BCUT2D eigenvalue weighted by Gasteiger charge is 2.20. The molecule has 1 aromatic rings. The standard InChI is InChI=1S/C3H5N3.BF4/c4-6-2-1-5-3-6;2-1(3,4)5/h1-3H,4H2;/q;-1. The van der Waals surface area contributed by atoms with E-state index in [2.05, 4.69) is 4.98 Å². The molecule has 0 radical (unpaired) electrons. The second-order valence-electron chi connectivity index (χ2n) is 1.50. The van der Waals surface area contributed by atoms with E-state index < -0.39 is 7.25 Å². The van der Waals surface area contributed by atoms with Gasteiger partial charge in [-0.25, -0.2) is 4.98 Å². The number of imidazole rings is 1. The molecule has 0 bridgehead atoms. The van der Waals surface area contributed by atoms with Gasteiger partial charge < -0.3 is 23.1 Å². The van der Waals surface area contributed by atoms with Crippen LogP contribution in [0.5, 0.6) is 0 Å². The third-order valence-electron chi connectivity index (χ3n) is 0.525. The van der Waals surface area contributed by atoms with Crippen LogP contribution in [-0.4, -0.2) is 16.9 Å². The van der Waals surface area contributed by atoms with Gasteiger partial charge in [0, 0.05) is 12.4 Å². The molecular formula is C3H5BF4N3-. The Morgan fingerprint density at radius 2 is 1.73 bits per heavy atom. The van der Waals surface area contributed by atoms with Gasteiger partial charge in [-0.05, 0) is 0 Å². The molecule has 0 atom stereocenters. The van der Waals surface area contributed by atoms with Gasteiger partial charge in [-0.1, -0.05) is 0 Å². The summed E-state index contributed by atoms with van der Waals surface area (Å²) in [5.74, 6) is 5.13. The van der Waals surface area contributed by atoms with E-state index in [9.17, 15) is 17.3 Å². The fraction of sp³-hybridized carbons (Fsp3) is 0. The summed E-state index contributed by atoms with van der Waals surface area (Å²) in [4.78, 5) is 3.66. The van der Waals surface area contributed by atoms with Gasteiger partial charge in [0.25, 0.3) is 0 Å². The summed E-state index contributed by atoms with van der Waals surface area (Å²) in [5.41, 5.74) is 0. The Morgan fingerprint density at radius 1 is 1.27 bits per heavy atom. The first kappa shape index (κ1) is 9.79. The van der Waals surface area contributed by atoms with E-state index in [1.807, 2.05) is 0 Å². The largest absolute Gasteiger partial charge is 0.673 e. The molecule has 0 aliphatic carbocycles. The van der Waals surface area contributed by atoms with Crippen molar-refractivity contribution in [2.75, 3.05) is 5.84 Å². The molecule has 0 aliphatic rings. The van der Waals surface area contributed by atoms with Gasteiger partial charge in [0.15, 0.2) is 0 Å². The maximum absolute atomic E-state index is 9.75. The maximum Gasteiger partial charge on any atom is 0.673 e. The number of hydrogen-bond donors (Lipinski definition) is 1. The third kappa shape index (κ3) is 12.1. The topological polar surface area (TPSA) is 43.8 Å². The molecule has 8 heteroatoms. The van der Waals surface area contributed by atoms with Crippen LogP contribution in [0.1, 0.15) is 0 Å². The van der Waals surface area contributed by atoms with E-state index in [0.29, 0.717) is 0 Å². The van der Waals surface area contributed by atoms with Crippen LogP contribution in [0.15, 0.2) is 18.7 Å². The zero-order valence-corrected chi connectivity index (χ0v) is 5.29. The normalized spacial score (nSPS) is 10.2. The molecule has 0 aliphatic heterocycles. The summed E-state index contributed by atoms with van der Waals surface area (Å²) in [6.45, 7) is 0. The average Bonchev–Trinajstić information content (AvgIpc) is 2.12. The summed E-state index contributed by atoms with van der Waals surface area (Å²) >= 11 is 0. The highest BCUT2D eigenvalue weighted by atomic mass is 19.5. The van der Waals surface area contributed by atoms with E-state index in [1.54, 1.807) is 12.4 Å². The van der Waals surface area contributed by atoms with Crippen molar-refractivity contribution in [3.05, 3.63) is 18.7 Å². The van der Waals surface area contributed by atoms with Gasteiger partial charge in [-0.2, -0.15) is 0 Å². The zero-order valence-electron chi connectivity index (χ0n) is 5.29. The van der Waals surface area contributed by atoms with Crippen LogP contribution in [0.2, 0.25) is 0 Å². The van der Waals surface area contributed by atoms with Crippen LogP contribution in [0.4, 0.5) is 17.3 Å². The predicted molar refractivity (Wildman–Crippen MR) is 32.6 cm³/mol. The lowest BCUT2D eigenvalue weighted by atomic mass is 10.3. The van der Waals surface area contributed by atoms with E-state index in [0.717, 1.165) is 0 Å². The van der Waals surface area contributed by atoms with Gasteiger partial charge in [0.1, 0.15) is 6.33 Å². The summed E-state index contributed by atoms with van der Waals surface area (Å²) in [6.07, 6.45) is 4.82. The van der Waals surface area contributed by atoms with Gasteiger partial charge in [0.05, 0.1) is 0 Å². The van der Waals surface area contributed by atoms with E-state index in [1.165, 1.54) is 11.0 Å². The predicted octanol–water partition coefficient (Wildman–Crippen LogP) is 0.897. The van der Waals surface area contributed by atoms with E-state index in [-0.39, 0.29) is 0 Å². The first-order valence-corrected chi connectivity index (χ1v) is 2.50. The van der Waals surface area contributed by atoms with Crippen LogP contribution in [0, 0.1) is 0 Å². The van der Waals surface area contributed by atoms with Crippen molar-refractivity contribution < 1.29 is 17.3 Å². The second-order valence-corrected chi connectivity index (χ2v) is 1.50. The molecule has 0 unspecified atom stereocenters. The van der Waals surface area contributed by atoms with Crippen LogP contribution in [0.25, 0.3) is 0 Å². The lowest BCUT2D eigenvalue weighted by Gasteiger charge is -1.94. The Bertz CT molecular complexity index is 177. The van der Waals surface area contributed by atoms with Crippen molar-refractivity contribution in [2.45, 2.75) is 0 Å². The van der Waals surface area contributed by atoms with E-state index in [4.69, 9.17) is 5.84 Å². The smallest absolute Gasteiger partial charge is 0.418 e. The minimum absolute atomic E-state index is 1.39. The SMILES string of the molecule is F[B-](F)(F)F.Nn1ccnc1. The Kier molecular flexibility index (Phi) is 3.42. The number of halogens is 4. The van der Waals surface area contributed by atoms with E-state index >= 15 is 0 Å². The number of aromatic nitrogens is 2. The van der Waals surface area contributed by atoms with Crippen LogP contribution in [-0.2, 0) is 0 Å². The van der Waals surface area contributed by atoms with Gasteiger partial charge >= 0.3 is 7.25 Å². The summed E-state index contributed by atoms with van der Waals surface area (Å²) < 4.78 is 40.4. The molecule has 3 nitrogen and oxygen atoms in total. The molecule has 0 amide bonds. The Labute approximate surface area is 59.9 Å². The van der Waals surface area contributed by atoms with Crippen molar-refractivity contribution in [2.24, 2.45) is 0 Å². The zero-order chi connectivity index (χ0) is 8.91. The van der Waals surface area contributed by atoms with Crippen LogP contribution in [0.3, 0.4) is 0 Å². The summed E-state index contributed by atoms with van der Waals surface area (Å²) in [5, 5.41) is 0. The summed E-state index contributed by atoms with van der Waals surface area (Å²) in [6, 6.07) is 0. The van der Waals surface area contributed by atoms with Crippen molar-refractivity contribution in [1.29, 1.82) is 0 Å². The molecule has 1 rings (SSSR count). The van der Waals surface area contributed by atoms with Crippen molar-refractivity contribution in [3.63, 3.8) is 0 Å². The lowest BCUT2D eigenvalue weighted by Crippen LogP contribution is -2.02. The first-order valence-electron chi connectivity index (χ1n) is 2.50. The molecule has 1 heterocycles. The Balaban J connectivity index is 0.000000187. The number of hydrogen-bond acceptors (Lipinski definition) is 2. The molecule has 0 fully saturated rings. The van der Waals surface area contributed by atoms with Crippen LogP contribution < -0.4 is 5.84 Å². The maximum atomic E-state index is 9.75. The van der Waals surface area contributed by atoms with Gasteiger partial charge in [0.2, 0.25) is 0 Å². The van der Waals surface area contributed by atoms with Crippen molar-refractivity contribution in [3.8, 4) is 0 Å². The fourth-order valence-corrected chi connectivity index (χ4v) is 0.269. The summed E-state index contributed by atoms with van der Waals surface area (Å²) in [7, 11) is -6.00. The quantitative estimate of drug-likeness (QED) is 0.357. The highest BCUT2D eigenvalue weighted by Crippen LogP contribution is 2.06. The third-order valence-corrected chi connectivity index (χ3v) is 0.525. The average molecular weight is 170 g/mol. The minimum atomic E-state index is -6.00. The number of rotatable bonds is 0. The van der Waals surface area contributed by atoms with Gasteiger partial charge in [-0.3, -0.25) is 4.68 Å². The molecule has 64 valence electrons. The lowest BCUT2D eigenvalue weighted by molar-refractivity contribution is 0.368.